The smallest absolute Gasteiger partial charge is 0.264 e. The van der Waals surface area contributed by atoms with E-state index in [2.05, 4.69) is 21.2 Å². The molecular weight excluding hydrogens is 674 g/mol. The molecule has 2 amide bonds. The van der Waals surface area contributed by atoms with Gasteiger partial charge in [0, 0.05) is 29.0 Å². The number of hydrogen-bond donors (Lipinski definition) is 1. The van der Waals surface area contributed by atoms with Crippen LogP contribution in [-0.2, 0) is 32.6 Å². The highest BCUT2D eigenvalue weighted by atomic mass is 79.9. The molecule has 0 aliphatic heterocycles. The van der Waals surface area contributed by atoms with E-state index in [9.17, 15) is 18.0 Å². The number of anilines is 1. The van der Waals surface area contributed by atoms with Crippen molar-refractivity contribution in [2.45, 2.75) is 44.7 Å². The zero-order valence-electron chi connectivity index (χ0n) is 25.5. The lowest BCUT2D eigenvalue weighted by Gasteiger charge is -2.34. The summed E-state index contributed by atoms with van der Waals surface area (Å²) in [6.07, 6.45) is 0.249. The van der Waals surface area contributed by atoms with Crippen molar-refractivity contribution < 1.29 is 18.0 Å². The van der Waals surface area contributed by atoms with Crippen LogP contribution in [0.2, 0.25) is 5.02 Å². The SMILES string of the molecule is Cc1cccc(N(CC(=O)N(Cc2cccc(Br)c2)[C@H](Cc2ccccc2)C(=O)NCC(C)C)S(=O)(=O)c2ccc(Cl)cc2)c1. The molecule has 0 aromatic heterocycles. The number of sulfonamides is 1. The largest absolute Gasteiger partial charge is 0.354 e. The second-order valence-corrected chi connectivity index (χ2v) is 14.5. The van der Waals surface area contributed by atoms with E-state index < -0.39 is 28.5 Å². The van der Waals surface area contributed by atoms with Gasteiger partial charge in [-0.25, -0.2) is 8.42 Å². The number of halogens is 2. The van der Waals surface area contributed by atoms with Crippen molar-refractivity contribution in [3.05, 3.63) is 129 Å². The molecule has 0 fully saturated rings. The predicted molar refractivity (Wildman–Crippen MR) is 184 cm³/mol. The summed E-state index contributed by atoms with van der Waals surface area (Å²) in [5.41, 5.74) is 2.83. The average Bonchev–Trinajstić information content (AvgIpc) is 3.01. The molecule has 0 unspecified atom stereocenters. The zero-order valence-corrected chi connectivity index (χ0v) is 28.6. The molecule has 45 heavy (non-hydrogen) atoms. The van der Waals surface area contributed by atoms with E-state index in [0.717, 1.165) is 25.5 Å². The number of nitrogens with one attached hydrogen (secondary N) is 1. The summed E-state index contributed by atoms with van der Waals surface area (Å²) in [6, 6.07) is 28.9. The van der Waals surface area contributed by atoms with Crippen LogP contribution in [0.15, 0.2) is 112 Å². The molecule has 0 aliphatic rings. The van der Waals surface area contributed by atoms with Gasteiger partial charge in [0.15, 0.2) is 0 Å². The van der Waals surface area contributed by atoms with Gasteiger partial charge in [0.1, 0.15) is 12.6 Å². The maximum absolute atomic E-state index is 14.5. The standard InChI is InChI=1S/C35H37BrClN3O4S/c1-25(2)22-38-35(42)33(21-27-10-5-4-6-11-27)39(23-28-12-8-13-29(36)20-28)34(41)24-40(31-14-7-9-26(3)19-31)45(43,44)32-17-15-30(37)16-18-32/h4-20,25,33H,21-24H2,1-3H3,(H,38,42)/t33-/m1/s1. The fourth-order valence-electron chi connectivity index (χ4n) is 4.85. The van der Waals surface area contributed by atoms with Crippen molar-refractivity contribution >= 4 is 55.1 Å². The number of amides is 2. The summed E-state index contributed by atoms with van der Waals surface area (Å²) in [5.74, 6) is -0.630. The molecule has 0 spiro atoms. The molecular formula is C35H37BrClN3O4S. The van der Waals surface area contributed by atoms with Gasteiger partial charge in [-0.2, -0.15) is 0 Å². The molecule has 4 aromatic carbocycles. The van der Waals surface area contributed by atoms with Crippen molar-refractivity contribution in [2.24, 2.45) is 5.92 Å². The third-order valence-electron chi connectivity index (χ3n) is 7.17. The monoisotopic (exact) mass is 709 g/mol. The third-order valence-corrected chi connectivity index (χ3v) is 9.70. The molecule has 1 N–H and O–H groups in total. The van der Waals surface area contributed by atoms with Crippen molar-refractivity contribution in [1.82, 2.24) is 10.2 Å². The van der Waals surface area contributed by atoms with Gasteiger partial charge in [-0.05, 0) is 78.1 Å². The van der Waals surface area contributed by atoms with Crippen molar-refractivity contribution in [1.29, 1.82) is 0 Å². The van der Waals surface area contributed by atoms with Crippen LogP contribution in [0.1, 0.15) is 30.5 Å². The second-order valence-electron chi connectivity index (χ2n) is 11.3. The number of aryl methyl sites for hydroxylation is 1. The molecule has 0 bridgehead atoms. The molecule has 0 radical (unpaired) electrons. The second kappa shape index (κ2) is 15.6. The van der Waals surface area contributed by atoms with E-state index in [0.29, 0.717) is 17.3 Å². The van der Waals surface area contributed by atoms with Crippen molar-refractivity contribution in [2.75, 3.05) is 17.4 Å². The molecule has 0 saturated carbocycles. The minimum Gasteiger partial charge on any atom is -0.354 e. The Balaban J connectivity index is 1.80. The predicted octanol–water partition coefficient (Wildman–Crippen LogP) is 7.02. The Morgan fingerprint density at radius 2 is 1.53 bits per heavy atom. The topological polar surface area (TPSA) is 86.8 Å². The minimum atomic E-state index is -4.20. The van der Waals surface area contributed by atoms with Crippen molar-refractivity contribution in [3.8, 4) is 0 Å². The lowest BCUT2D eigenvalue weighted by Crippen LogP contribution is -2.53. The lowest BCUT2D eigenvalue weighted by molar-refractivity contribution is -0.140. The van der Waals surface area contributed by atoms with Crippen LogP contribution in [0, 0.1) is 12.8 Å². The van der Waals surface area contributed by atoms with Crippen LogP contribution in [-0.4, -0.2) is 44.3 Å². The van der Waals surface area contributed by atoms with Gasteiger partial charge in [0.25, 0.3) is 10.0 Å². The Morgan fingerprint density at radius 1 is 0.867 bits per heavy atom. The highest BCUT2D eigenvalue weighted by Crippen LogP contribution is 2.27. The summed E-state index contributed by atoms with van der Waals surface area (Å²) in [6.45, 7) is 5.85. The Morgan fingerprint density at radius 3 is 2.18 bits per heavy atom. The average molecular weight is 711 g/mol. The molecule has 0 aliphatic carbocycles. The molecule has 0 heterocycles. The Hall–Kier alpha value is -3.66. The number of hydrogen-bond acceptors (Lipinski definition) is 4. The van der Waals surface area contributed by atoms with E-state index in [-0.39, 0.29) is 29.7 Å². The first-order chi connectivity index (χ1) is 21.4. The summed E-state index contributed by atoms with van der Waals surface area (Å²) >= 11 is 9.56. The van der Waals surface area contributed by atoms with Crippen LogP contribution < -0.4 is 9.62 Å². The molecule has 1 atom stereocenters. The fourth-order valence-corrected chi connectivity index (χ4v) is 6.83. The highest BCUT2D eigenvalue weighted by molar-refractivity contribution is 9.10. The van der Waals surface area contributed by atoms with Gasteiger partial charge in [0.05, 0.1) is 10.6 Å². The van der Waals surface area contributed by atoms with Gasteiger partial charge in [0.2, 0.25) is 11.8 Å². The summed E-state index contributed by atoms with van der Waals surface area (Å²) in [7, 11) is -4.20. The molecule has 4 rings (SSSR count). The molecule has 0 saturated heterocycles. The first kappa shape index (κ1) is 34.2. The Labute approximate surface area is 279 Å². The van der Waals surface area contributed by atoms with Gasteiger partial charge in [-0.15, -0.1) is 0 Å². The van der Waals surface area contributed by atoms with E-state index in [1.165, 1.54) is 29.2 Å². The molecule has 7 nitrogen and oxygen atoms in total. The number of carbonyl (C=O) groups excluding carboxylic acids is 2. The highest BCUT2D eigenvalue weighted by Gasteiger charge is 2.34. The normalized spacial score (nSPS) is 12.0. The first-order valence-corrected chi connectivity index (χ1v) is 17.3. The van der Waals surface area contributed by atoms with Gasteiger partial charge in [-0.3, -0.25) is 13.9 Å². The van der Waals surface area contributed by atoms with E-state index in [1.54, 1.807) is 18.2 Å². The van der Waals surface area contributed by atoms with Crippen LogP contribution in [0.25, 0.3) is 0 Å². The Bertz CT molecular complexity index is 1720. The molecule has 10 heteroatoms. The number of nitrogens with zero attached hydrogens (tertiary/aromatic N) is 2. The van der Waals surface area contributed by atoms with Crippen LogP contribution in [0.5, 0.6) is 0 Å². The number of rotatable bonds is 13. The van der Waals surface area contributed by atoms with Gasteiger partial charge in [-0.1, -0.05) is 96.0 Å². The van der Waals surface area contributed by atoms with Crippen LogP contribution in [0.3, 0.4) is 0 Å². The number of benzene rings is 4. The maximum Gasteiger partial charge on any atom is 0.264 e. The molecule has 236 valence electrons. The van der Waals surface area contributed by atoms with Gasteiger partial charge < -0.3 is 10.2 Å². The summed E-state index contributed by atoms with van der Waals surface area (Å²) in [5, 5.41) is 3.39. The van der Waals surface area contributed by atoms with Crippen LogP contribution >= 0.6 is 27.5 Å². The summed E-state index contributed by atoms with van der Waals surface area (Å²) in [4.78, 5) is 29.8. The zero-order chi connectivity index (χ0) is 32.6. The van der Waals surface area contributed by atoms with Gasteiger partial charge >= 0.3 is 0 Å². The minimum absolute atomic E-state index is 0.00439. The van der Waals surface area contributed by atoms with Crippen LogP contribution in [0.4, 0.5) is 5.69 Å². The third kappa shape index (κ3) is 9.42. The summed E-state index contributed by atoms with van der Waals surface area (Å²) < 4.78 is 30.2. The quantitative estimate of drug-likeness (QED) is 0.162. The first-order valence-electron chi connectivity index (χ1n) is 14.6. The van der Waals surface area contributed by atoms with E-state index in [1.807, 2.05) is 81.4 Å². The van der Waals surface area contributed by atoms with E-state index >= 15 is 0 Å². The van der Waals surface area contributed by atoms with Crippen molar-refractivity contribution in [3.63, 3.8) is 0 Å². The molecule has 4 aromatic rings. The van der Waals surface area contributed by atoms with E-state index in [4.69, 9.17) is 11.6 Å². The fraction of sp³-hybridized carbons (Fsp3) is 0.257. The lowest BCUT2D eigenvalue weighted by atomic mass is 10.0. The maximum atomic E-state index is 14.5. The Kier molecular flexibility index (Phi) is 11.8. The number of carbonyl (C=O) groups is 2.